The van der Waals surface area contributed by atoms with Crippen molar-refractivity contribution in [2.75, 3.05) is 16.0 Å². The zero-order valence-corrected chi connectivity index (χ0v) is 16.9. The molecule has 29 heavy (non-hydrogen) atoms. The summed E-state index contributed by atoms with van der Waals surface area (Å²) in [6, 6.07) is 11.0. The van der Waals surface area contributed by atoms with Gasteiger partial charge in [0.05, 0.1) is 5.56 Å². The number of pyridine rings is 1. The molecule has 1 aromatic carbocycles. The van der Waals surface area contributed by atoms with E-state index in [9.17, 15) is 9.59 Å². The van der Waals surface area contributed by atoms with Crippen LogP contribution in [-0.2, 0) is 5.41 Å². The highest BCUT2D eigenvalue weighted by atomic mass is 35.5. The molecule has 0 atom stereocenters. The number of hydrogen-bond acceptors (Lipinski definition) is 5. The number of benzene rings is 1. The Bertz CT molecular complexity index is 1010. The molecule has 0 bridgehead atoms. The highest BCUT2D eigenvalue weighted by Crippen LogP contribution is 2.24. The van der Waals surface area contributed by atoms with Crippen molar-refractivity contribution in [2.45, 2.75) is 26.2 Å². The third-order valence-electron chi connectivity index (χ3n) is 3.88. The van der Waals surface area contributed by atoms with Crippen molar-refractivity contribution in [1.82, 2.24) is 10.1 Å². The minimum atomic E-state index is -0.456. The molecular formula is C20H20ClN5O3. The largest absolute Gasteiger partial charge is 0.359 e. The van der Waals surface area contributed by atoms with Crippen LogP contribution in [0.25, 0.3) is 0 Å². The van der Waals surface area contributed by atoms with Crippen LogP contribution in [-0.4, -0.2) is 22.1 Å². The van der Waals surface area contributed by atoms with Gasteiger partial charge in [-0.1, -0.05) is 37.5 Å². The van der Waals surface area contributed by atoms with E-state index in [-0.39, 0.29) is 11.3 Å². The van der Waals surface area contributed by atoms with E-state index in [4.69, 9.17) is 16.1 Å². The maximum absolute atomic E-state index is 12.2. The summed E-state index contributed by atoms with van der Waals surface area (Å²) in [5.41, 5.74) is 1.31. The van der Waals surface area contributed by atoms with Crippen LogP contribution in [0.3, 0.4) is 0 Å². The number of nitrogens with one attached hydrogen (secondary N) is 3. The van der Waals surface area contributed by atoms with Gasteiger partial charge < -0.3 is 15.2 Å². The van der Waals surface area contributed by atoms with Crippen molar-refractivity contribution in [3.8, 4) is 0 Å². The molecule has 8 nitrogen and oxygen atoms in total. The average Bonchev–Trinajstić information content (AvgIpc) is 3.12. The summed E-state index contributed by atoms with van der Waals surface area (Å²) >= 11 is 5.72. The molecule has 9 heteroatoms. The zero-order valence-electron chi connectivity index (χ0n) is 16.1. The molecule has 0 unspecified atom stereocenters. The van der Waals surface area contributed by atoms with E-state index in [1.54, 1.807) is 42.5 Å². The van der Waals surface area contributed by atoms with Gasteiger partial charge in [-0.25, -0.2) is 9.78 Å². The summed E-state index contributed by atoms with van der Waals surface area (Å²) in [6.07, 6.45) is 1.40. The molecule has 3 aromatic rings. The van der Waals surface area contributed by atoms with Crippen LogP contribution < -0.4 is 16.0 Å². The van der Waals surface area contributed by atoms with E-state index in [2.05, 4.69) is 26.1 Å². The third-order valence-corrected chi connectivity index (χ3v) is 4.10. The molecule has 0 aliphatic carbocycles. The molecule has 3 amide bonds. The number of carbonyl (C=O) groups is 2. The average molecular weight is 414 g/mol. The number of halogens is 1. The fraction of sp³-hybridized carbons (Fsp3) is 0.200. The highest BCUT2D eigenvalue weighted by Gasteiger charge is 2.20. The molecule has 3 N–H and O–H groups in total. The van der Waals surface area contributed by atoms with Crippen molar-refractivity contribution >= 4 is 40.7 Å². The molecule has 0 spiro atoms. The lowest BCUT2D eigenvalue weighted by atomic mass is 9.93. The lowest BCUT2D eigenvalue weighted by Crippen LogP contribution is -2.19. The second-order valence-corrected chi connectivity index (χ2v) is 7.69. The molecule has 3 rings (SSSR count). The second kappa shape index (κ2) is 8.32. The van der Waals surface area contributed by atoms with E-state index in [0.717, 1.165) is 0 Å². The Morgan fingerprint density at radius 3 is 2.17 bits per heavy atom. The van der Waals surface area contributed by atoms with Gasteiger partial charge >= 0.3 is 6.03 Å². The Hall–Kier alpha value is -3.39. The summed E-state index contributed by atoms with van der Waals surface area (Å²) in [7, 11) is 0. The number of carbonyl (C=O) groups excluding carboxylic acids is 2. The molecule has 150 valence electrons. The maximum atomic E-state index is 12.2. The third kappa shape index (κ3) is 5.55. The molecule has 0 saturated carbocycles. The summed E-state index contributed by atoms with van der Waals surface area (Å²) in [5.74, 6) is 0.685. The number of nitrogens with zero attached hydrogens (tertiary/aromatic N) is 2. The van der Waals surface area contributed by atoms with E-state index < -0.39 is 6.03 Å². The van der Waals surface area contributed by atoms with Crippen molar-refractivity contribution in [1.29, 1.82) is 0 Å². The first kappa shape index (κ1) is 20.3. The summed E-state index contributed by atoms with van der Waals surface area (Å²) in [6.45, 7) is 5.96. The Labute approximate surface area is 172 Å². The van der Waals surface area contributed by atoms with Crippen LogP contribution in [0.2, 0.25) is 5.15 Å². The number of amides is 3. The Morgan fingerprint density at radius 1 is 0.966 bits per heavy atom. The summed E-state index contributed by atoms with van der Waals surface area (Å²) < 4.78 is 5.23. The van der Waals surface area contributed by atoms with Crippen LogP contribution in [0, 0.1) is 0 Å². The lowest BCUT2D eigenvalue weighted by molar-refractivity contribution is 0.102. The van der Waals surface area contributed by atoms with E-state index in [1.165, 1.54) is 6.20 Å². The molecule has 0 fully saturated rings. The Morgan fingerprint density at radius 2 is 1.62 bits per heavy atom. The van der Waals surface area contributed by atoms with E-state index >= 15 is 0 Å². The van der Waals surface area contributed by atoms with Gasteiger partial charge in [-0.2, -0.15) is 0 Å². The van der Waals surface area contributed by atoms with Gasteiger partial charge in [0.2, 0.25) is 0 Å². The zero-order chi connectivity index (χ0) is 21.0. The minimum absolute atomic E-state index is 0.203. The molecule has 0 radical (unpaired) electrons. The van der Waals surface area contributed by atoms with Gasteiger partial charge in [-0.05, 0) is 36.4 Å². The molecule has 2 aromatic heterocycles. The normalized spacial score (nSPS) is 11.0. The monoisotopic (exact) mass is 413 g/mol. The van der Waals surface area contributed by atoms with Gasteiger partial charge in [0.1, 0.15) is 10.9 Å². The second-order valence-electron chi connectivity index (χ2n) is 7.31. The first-order chi connectivity index (χ1) is 13.7. The molecule has 0 saturated heterocycles. The Kier molecular flexibility index (Phi) is 5.84. The Balaban J connectivity index is 1.56. The fourth-order valence-electron chi connectivity index (χ4n) is 2.32. The van der Waals surface area contributed by atoms with Gasteiger partial charge in [-0.3, -0.25) is 10.1 Å². The standard InChI is InChI=1S/C20H20ClN5O3/c1-20(2,3)15-10-17(26-29-15)25-19(28)24-14-7-5-13(6-8-14)23-18(27)12-4-9-16(21)22-11-12/h4-11H,1-3H3,(H,23,27)(H2,24,25,26,28). The van der Waals surface area contributed by atoms with E-state index in [1.807, 2.05) is 20.8 Å². The fourth-order valence-corrected chi connectivity index (χ4v) is 2.43. The van der Waals surface area contributed by atoms with Crippen molar-refractivity contribution in [3.63, 3.8) is 0 Å². The molecule has 0 aliphatic rings. The van der Waals surface area contributed by atoms with Crippen molar-refractivity contribution < 1.29 is 14.1 Å². The smallest absolute Gasteiger partial charge is 0.324 e. The van der Waals surface area contributed by atoms with Gasteiger partial charge in [-0.15, -0.1) is 0 Å². The van der Waals surface area contributed by atoms with Crippen LogP contribution >= 0.6 is 11.6 Å². The number of hydrogen-bond donors (Lipinski definition) is 3. The number of rotatable bonds is 4. The first-order valence-electron chi connectivity index (χ1n) is 8.79. The number of urea groups is 1. The predicted octanol–water partition coefficient (Wildman–Crippen LogP) is 4.92. The molecular weight excluding hydrogens is 394 g/mol. The van der Waals surface area contributed by atoms with Crippen molar-refractivity contribution in [3.05, 3.63) is 65.1 Å². The van der Waals surface area contributed by atoms with Gasteiger partial charge in [0, 0.05) is 29.1 Å². The summed E-state index contributed by atoms with van der Waals surface area (Å²) in [4.78, 5) is 28.2. The SMILES string of the molecule is CC(C)(C)c1cc(NC(=O)Nc2ccc(NC(=O)c3ccc(Cl)nc3)cc2)no1. The van der Waals surface area contributed by atoms with Crippen LogP contribution in [0.5, 0.6) is 0 Å². The van der Waals surface area contributed by atoms with Gasteiger partial charge in [0.25, 0.3) is 5.91 Å². The minimum Gasteiger partial charge on any atom is -0.359 e. The van der Waals surface area contributed by atoms with Crippen LogP contribution in [0.15, 0.2) is 53.2 Å². The molecule has 0 aliphatic heterocycles. The highest BCUT2D eigenvalue weighted by molar-refractivity contribution is 6.29. The summed E-state index contributed by atoms with van der Waals surface area (Å²) in [5, 5.41) is 12.2. The maximum Gasteiger partial charge on any atom is 0.324 e. The predicted molar refractivity (Wildman–Crippen MR) is 111 cm³/mol. The van der Waals surface area contributed by atoms with Crippen LogP contribution in [0.4, 0.5) is 22.0 Å². The number of anilines is 3. The number of aromatic nitrogens is 2. The van der Waals surface area contributed by atoms with Crippen LogP contribution in [0.1, 0.15) is 36.9 Å². The van der Waals surface area contributed by atoms with Crippen molar-refractivity contribution in [2.24, 2.45) is 0 Å². The first-order valence-corrected chi connectivity index (χ1v) is 9.17. The van der Waals surface area contributed by atoms with Gasteiger partial charge in [0.15, 0.2) is 5.82 Å². The topological polar surface area (TPSA) is 109 Å². The quantitative estimate of drug-likeness (QED) is 0.526. The van der Waals surface area contributed by atoms with E-state index in [0.29, 0.717) is 33.7 Å². The molecule has 2 heterocycles. The lowest BCUT2D eigenvalue weighted by Gasteiger charge is -2.12.